The molecule has 0 saturated heterocycles. The highest BCUT2D eigenvalue weighted by Crippen LogP contribution is 2.36. The molecule has 1 aromatic heterocycles. The van der Waals surface area contributed by atoms with Crippen LogP contribution in [0.3, 0.4) is 0 Å². The van der Waals surface area contributed by atoms with Crippen molar-refractivity contribution in [1.29, 1.82) is 0 Å². The van der Waals surface area contributed by atoms with Gasteiger partial charge in [-0.2, -0.15) is 16.8 Å². The summed E-state index contributed by atoms with van der Waals surface area (Å²) in [5, 5.41) is 0. The van der Waals surface area contributed by atoms with Crippen LogP contribution in [0.5, 0.6) is 0 Å². The van der Waals surface area contributed by atoms with Crippen LogP contribution in [0.1, 0.15) is 25.5 Å². The average molecular weight is 584 g/mol. The first kappa shape index (κ1) is 28.1. The lowest BCUT2D eigenvalue weighted by molar-refractivity contribution is 0.546. The van der Waals surface area contributed by atoms with Crippen LogP contribution < -0.4 is 9.27 Å². The monoisotopic (exact) mass is 583 g/mol. The van der Waals surface area contributed by atoms with Gasteiger partial charge in [-0.3, -0.25) is 9.48 Å². The molecule has 0 bridgehead atoms. The summed E-state index contributed by atoms with van der Waals surface area (Å²) >= 11 is 0. The largest absolute Gasteiger partial charge is 0.297 e. The molecule has 0 N–H and O–H groups in total. The van der Waals surface area contributed by atoms with Crippen LogP contribution in [0.15, 0.2) is 81.3 Å². The predicted molar refractivity (Wildman–Crippen MR) is 135 cm³/mol. The van der Waals surface area contributed by atoms with Crippen LogP contribution in [0.2, 0.25) is 0 Å². The van der Waals surface area contributed by atoms with Gasteiger partial charge >= 0.3 is 0 Å². The topological polar surface area (TPSA) is 98.5 Å². The number of aromatic nitrogens is 2. The summed E-state index contributed by atoms with van der Waals surface area (Å²) in [5.41, 5.74) is -2.14. The molecular formula is C25H21F4N3O5S2. The van der Waals surface area contributed by atoms with E-state index < -0.39 is 74.0 Å². The zero-order valence-electron chi connectivity index (χ0n) is 20.6. The first-order valence-electron chi connectivity index (χ1n) is 11.3. The fraction of sp³-hybridized carbons (Fsp3) is 0.160. The molecule has 0 saturated carbocycles. The minimum Gasteiger partial charge on any atom is -0.283 e. The van der Waals surface area contributed by atoms with Crippen molar-refractivity contribution in [2.24, 2.45) is 7.05 Å². The number of hydrogen-bond donors (Lipinski definition) is 0. The van der Waals surface area contributed by atoms with E-state index in [1.807, 2.05) is 0 Å². The van der Waals surface area contributed by atoms with Gasteiger partial charge in [0, 0.05) is 7.05 Å². The molecule has 0 fully saturated rings. The average Bonchev–Trinajstić information content (AvgIpc) is 3.11. The molecule has 8 nitrogen and oxygen atoms in total. The Bertz CT molecular complexity index is 1770. The van der Waals surface area contributed by atoms with E-state index >= 15 is 0 Å². The molecule has 0 amide bonds. The summed E-state index contributed by atoms with van der Waals surface area (Å²) in [6.07, 6.45) is 0. The third-order valence-electron chi connectivity index (χ3n) is 5.80. The molecular weight excluding hydrogens is 562 g/mol. The van der Waals surface area contributed by atoms with Gasteiger partial charge < -0.3 is 0 Å². The first-order chi connectivity index (χ1) is 18.2. The van der Waals surface area contributed by atoms with Crippen LogP contribution >= 0.6 is 0 Å². The standard InChI is InChI=1S/C25H21F4N3O5S2/c1-15(2)23-24(25(33)31(30(23)3)18-7-5-4-6-8-18)32(38(34,35)21-13-16(26)9-11-19(21)28)39(36,37)22-14-17(27)10-12-20(22)29/h4-15H,1-3H3. The predicted octanol–water partition coefficient (Wildman–Crippen LogP) is 4.44. The lowest BCUT2D eigenvalue weighted by Crippen LogP contribution is -2.41. The van der Waals surface area contributed by atoms with Crippen molar-refractivity contribution in [2.45, 2.75) is 29.6 Å². The SMILES string of the molecule is CC(C)c1c(N(S(=O)(=O)c2cc(F)ccc2F)S(=O)(=O)c2cc(F)ccc2F)c(=O)n(-c2ccccc2)n1C. The molecule has 39 heavy (non-hydrogen) atoms. The molecule has 4 aromatic rings. The van der Waals surface area contributed by atoms with Crippen LogP contribution in [0.25, 0.3) is 5.69 Å². The molecule has 0 aliphatic heterocycles. The Hall–Kier alpha value is -3.91. The number of rotatable bonds is 7. The molecule has 0 radical (unpaired) electrons. The number of benzene rings is 3. The van der Waals surface area contributed by atoms with Crippen molar-refractivity contribution >= 4 is 25.7 Å². The van der Waals surface area contributed by atoms with E-state index in [-0.39, 0.29) is 23.5 Å². The maximum atomic E-state index is 14.8. The highest BCUT2D eigenvalue weighted by Gasteiger charge is 2.45. The van der Waals surface area contributed by atoms with Gasteiger partial charge in [-0.25, -0.2) is 22.2 Å². The zero-order valence-corrected chi connectivity index (χ0v) is 22.3. The second kappa shape index (κ2) is 10.0. The van der Waals surface area contributed by atoms with Gasteiger partial charge in [-0.1, -0.05) is 32.0 Å². The number of halogens is 4. The van der Waals surface area contributed by atoms with Gasteiger partial charge in [0.15, 0.2) is 5.69 Å². The third-order valence-corrected chi connectivity index (χ3v) is 9.95. The van der Waals surface area contributed by atoms with Crippen LogP contribution in [0, 0.1) is 23.3 Å². The second-order valence-corrected chi connectivity index (χ2v) is 12.5. The summed E-state index contributed by atoms with van der Waals surface area (Å²) in [7, 11) is -10.0. The van der Waals surface area contributed by atoms with E-state index in [2.05, 4.69) is 0 Å². The third kappa shape index (κ3) is 4.74. The van der Waals surface area contributed by atoms with Gasteiger partial charge in [-0.15, -0.1) is 3.71 Å². The quantitative estimate of drug-likeness (QED) is 0.300. The Kier molecular flexibility index (Phi) is 7.21. The van der Waals surface area contributed by atoms with E-state index in [0.29, 0.717) is 24.3 Å². The molecule has 0 atom stereocenters. The van der Waals surface area contributed by atoms with Gasteiger partial charge in [-0.05, 0) is 54.4 Å². The van der Waals surface area contributed by atoms with Crippen molar-refractivity contribution in [3.8, 4) is 5.69 Å². The molecule has 3 aromatic carbocycles. The highest BCUT2D eigenvalue weighted by atomic mass is 32.3. The van der Waals surface area contributed by atoms with Crippen LogP contribution in [-0.2, 0) is 27.1 Å². The Labute approximate surface area is 221 Å². The highest BCUT2D eigenvalue weighted by molar-refractivity contribution is 8.10. The van der Waals surface area contributed by atoms with Crippen molar-refractivity contribution in [2.75, 3.05) is 3.71 Å². The van der Waals surface area contributed by atoms with Gasteiger partial charge in [0.25, 0.3) is 25.6 Å². The number of nitrogens with zero attached hydrogens (tertiary/aromatic N) is 3. The molecule has 0 aliphatic carbocycles. The fourth-order valence-electron chi connectivity index (χ4n) is 4.18. The van der Waals surface area contributed by atoms with Gasteiger partial charge in [0.05, 0.1) is 11.4 Å². The molecule has 4 rings (SSSR count). The molecule has 0 spiro atoms. The smallest absolute Gasteiger partial charge is 0.283 e. The lowest BCUT2D eigenvalue weighted by Gasteiger charge is -2.24. The van der Waals surface area contributed by atoms with Crippen LogP contribution in [-0.4, -0.2) is 26.2 Å². The second-order valence-electron chi connectivity index (χ2n) is 8.72. The molecule has 1 heterocycles. The summed E-state index contributed by atoms with van der Waals surface area (Å²) in [5.74, 6) is -6.28. The van der Waals surface area contributed by atoms with Crippen molar-refractivity contribution in [1.82, 2.24) is 9.36 Å². The molecule has 206 valence electrons. The van der Waals surface area contributed by atoms with E-state index in [1.165, 1.54) is 37.7 Å². The Morgan fingerprint density at radius 2 is 1.21 bits per heavy atom. The zero-order chi connectivity index (χ0) is 28.9. The van der Waals surface area contributed by atoms with Gasteiger partial charge in [0.2, 0.25) is 0 Å². The van der Waals surface area contributed by atoms with Crippen molar-refractivity contribution < 1.29 is 34.4 Å². The molecule has 0 unspecified atom stereocenters. The first-order valence-corrected chi connectivity index (χ1v) is 14.2. The van der Waals surface area contributed by atoms with Crippen molar-refractivity contribution in [3.05, 3.63) is 106 Å². The van der Waals surface area contributed by atoms with E-state index in [1.54, 1.807) is 18.2 Å². The Morgan fingerprint density at radius 3 is 1.64 bits per heavy atom. The number of sulfonamides is 2. The maximum Gasteiger partial charge on any atom is 0.297 e. The minimum absolute atomic E-state index is 0.162. The van der Waals surface area contributed by atoms with E-state index in [4.69, 9.17) is 0 Å². The summed E-state index contributed by atoms with van der Waals surface area (Å²) in [6, 6.07) is 10.3. The Balaban J connectivity index is 2.20. The maximum absolute atomic E-state index is 14.8. The number of anilines is 1. The van der Waals surface area contributed by atoms with Gasteiger partial charge in [0.1, 0.15) is 33.1 Å². The normalized spacial score (nSPS) is 12.2. The van der Waals surface area contributed by atoms with Crippen molar-refractivity contribution in [3.63, 3.8) is 0 Å². The van der Waals surface area contributed by atoms with Crippen LogP contribution in [0.4, 0.5) is 23.2 Å². The Morgan fingerprint density at radius 1 is 0.744 bits per heavy atom. The van der Waals surface area contributed by atoms with E-state index in [9.17, 15) is 39.2 Å². The minimum atomic E-state index is -5.69. The summed E-state index contributed by atoms with van der Waals surface area (Å²) < 4.78 is 115. The molecule has 14 heteroatoms. The lowest BCUT2D eigenvalue weighted by atomic mass is 10.1. The van der Waals surface area contributed by atoms with E-state index in [0.717, 1.165) is 4.68 Å². The molecule has 0 aliphatic rings. The fourth-order valence-corrected chi connectivity index (χ4v) is 8.03. The summed E-state index contributed by atoms with van der Waals surface area (Å²) in [6.45, 7) is 3.05. The number of para-hydroxylation sites is 1. The number of hydrogen-bond acceptors (Lipinski definition) is 5. The summed E-state index contributed by atoms with van der Waals surface area (Å²) in [4.78, 5) is 11.0.